The van der Waals surface area contributed by atoms with Gasteiger partial charge in [-0.05, 0) is 37.5 Å². The second kappa shape index (κ2) is 8.83. The Kier molecular flexibility index (Phi) is 8.73. The standard InChI is InChI=1S/C16H32B/c1-6-10-15(11-7-2)16(5,14(3)4)12-8-9-13-17/h15,17H,3,6-13H2,1-2,4-5H3. The summed E-state index contributed by atoms with van der Waals surface area (Å²) >= 11 is 0. The van der Waals surface area contributed by atoms with Gasteiger partial charge in [0, 0.05) is 0 Å². The maximum atomic E-state index is 4.28. The van der Waals surface area contributed by atoms with E-state index in [-0.39, 0.29) is 0 Å². The molecule has 0 nitrogen and oxygen atoms in total. The Hall–Kier alpha value is -0.195. The van der Waals surface area contributed by atoms with E-state index in [9.17, 15) is 0 Å². The highest BCUT2D eigenvalue weighted by atomic mass is 14.4. The molecule has 0 aliphatic rings. The van der Waals surface area contributed by atoms with Crippen LogP contribution in [0.2, 0.25) is 6.32 Å². The summed E-state index contributed by atoms with van der Waals surface area (Å²) in [5, 5.41) is 0. The van der Waals surface area contributed by atoms with E-state index in [1.807, 2.05) is 0 Å². The van der Waals surface area contributed by atoms with E-state index >= 15 is 0 Å². The van der Waals surface area contributed by atoms with E-state index < -0.39 is 0 Å². The predicted molar refractivity (Wildman–Crippen MR) is 82.0 cm³/mol. The van der Waals surface area contributed by atoms with Gasteiger partial charge in [0.1, 0.15) is 0 Å². The zero-order valence-corrected chi connectivity index (χ0v) is 12.6. The maximum Gasteiger partial charge on any atom is 0.0865 e. The van der Waals surface area contributed by atoms with E-state index in [0.29, 0.717) is 5.41 Å². The minimum absolute atomic E-state index is 0.348. The molecule has 0 aliphatic heterocycles. The van der Waals surface area contributed by atoms with Crippen LogP contribution in [0.3, 0.4) is 0 Å². The fourth-order valence-corrected chi connectivity index (χ4v) is 2.91. The van der Waals surface area contributed by atoms with Crippen molar-refractivity contribution in [3.63, 3.8) is 0 Å². The van der Waals surface area contributed by atoms with Gasteiger partial charge in [0.2, 0.25) is 0 Å². The van der Waals surface area contributed by atoms with E-state index in [1.165, 1.54) is 50.5 Å². The minimum Gasteiger partial charge on any atom is -0.0996 e. The van der Waals surface area contributed by atoms with Crippen LogP contribution in [0.1, 0.15) is 72.6 Å². The Labute approximate surface area is 111 Å². The van der Waals surface area contributed by atoms with Crippen molar-refractivity contribution in [2.24, 2.45) is 11.3 Å². The van der Waals surface area contributed by atoms with Gasteiger partial charge in [0.05, 0.1) is 7.85 Å². The van der Waals surface area contributed by atoms with Crippen molar-refractivity contribution in [1.29, 1.82) is 0 Å². The molecule has 1 atom stereocenters. The van der Waals surface area contributed by atoms with Crippen molar-refractivity contribution in [2.75, 3.05) is 0 Å². The molecule has 0 rings (SSSR count). The van der Waals surface area contributed by atoms with Crippen molar-refractivity contribution >= 4 is 7.85 Å². The molecule has 0 heterocycles. The molecule has 0 aromatic rings. The number of hydrogen-bond donors (Lipinski definition) is 0. The van der Waals surface area contributed by atoms with Gasteiger partial charge in [0.15, 0.2) is 0 Å². The first kappa shape index (κ1) is 16.8. The third-order valence-electron chi connectivity index (χ3n) is 4.35. The lowest BCUT2D eigenvalue weighted by Crippen LogP contribution is -2.28. The first-order chi connectivity index (χ1) is 8.02. The Morgan fingerprint density at radius 3 is 2.06 bits per heavy atom. The molecule has 0 aromatic heterocycles. The lowest BCUT2D eigenvalue weighted by atomic mass is 9.66. The molecule has 1 unspecified atom stereocenters. The summed E-state index contributed by atoms with van der Waals surface area (Å²) in [5.41, 5.74) is 1.73. The van der Waals surface area contributed by atoms with Crippen LogP contribution in [0.4, 0.5) is 0 Å². The molecule has 0 saturated heterocycles. The highest BCUT2D eigenvalue weighted by Gasteiger charge is 2.32. The summed E-state index contributed by atoms with van der Waals surface area (Å²) < 4.78 is 0. The molecule has 99 valence electrons. The monoisotopic (exact) mass is 235 g/mol. The Bertz CT molecular complexity index is 204. The van der Waals surface area contributed by atoms with Crippen LogP contribution >= 0.6 is 0 Å². The summed E-state index contributed by atoms with van der Waals surface area (Å²) in [6.07, 6.45) is 10.2. The van der Waals surface area contributed by atoms with Crippen molar-refractivity contribution in [2.45, 2.75) is 79.0 Å². The molecule has 0 spiro atoms. The van der Waals surface area contributed by atoms with Crippen LogP contribution in [0, 0.1) is 11.3 Å². The minimum atomic E-state index is 0.348. The van der Waals surface area contributed by atoms with Gasteiger partial charge in [-0.25, -0.2) is 0 Å². The Morgan fingerprint density at radius 2 is 1.71 bits per heavy atom. The summed E-state index contributed by atoms with van der Waals surface area (Å²) in [6.45, 7) is 13.5. The fourth-order valence-electron chi connectivity index (χ4n) is 2.91. The van der Waals surface area contributed by atoms with Gasteiger partial charge >= 0.3 is 0 Å². The molecule has 17 heavy (non-hydrogen) atoms. The number of hydrogen-bond acceptors (Lipinski definition) is 0. The molecular weight excluding hydrogens is 203 g/mol. The zero-order chi connectivity index (χ0) is 13.3. The molecule has 0 saturated carbocycles. The highest BCUT2D eigenvalue weighted by Crippen LogP contribution is 2.44. The van der Waals surface area contributed by atoms with Crippen molar-refractivity contribution in [3.8, 4) is 0 Å². The van der Waals surface area contributed by atoms with Gasteiger partial charge in [-0.1, -0.05) is 64.9 Å². The second-order valence-corrected chi connectivity index (χ2v) is 5.78. The van der Waals surface area contributed by atoms with Crippen LogP contribution in [-0.2, 0) is 0 Å². The fraction of sp³-hybridized carbons (Fsp3) is 0.875. The topological polar surface area (TPSA) is 0 Å². The van der Waals surface area contributed by atoms with Crippen LogP contribution in [0.5, 0.6) is 0 Å². The smallest absolute Gasteiger partial charge is 0.0865 e. The average molecular weight is 235 g/mol. The van der Waals surface area contributed by atoms with Crippen LogP contribution in [0.25, 0.3) is 0 Å². The molecule has 1 heteroatoms. The third-order valence-corrected chi connectivity index (χ3v) is 4.35. The summed E-state index contributed by atoms with van der Waals surface area (Å²) in [7, 11) is 3.95. The summed E-state index contributed by atoms with van der Waals surface area (Å²) in [6, 6.07) is 0. The maximum absolute atomic E-state index is 4.28. The first-order valence-electron chi connectivity index (χ1n) is 7.48. The molecule has 0 fully saturated rings. The van der Waals surface area contributed by atoms with Crippen LogP contribution in [0.15, 0.2) is 12.2 Å². The molecule has 0 amide bonds. The quantitative estimate of drug-likeness (QED) is 0.275. The predicted octanol–water partition coefficient (Wildman–Crippen LogP) is 5.27. The highest BCUT2D eigenvalue weighted by molar-refractivity contribution is 6.08. The normalized spacial score (nSPS) is 14.9. The van der Waals surface area contributed by atoms with Crippen LogP contribution in [-0.4, -0.2) is 7.85 Å². The molecule has 0 aromatic carbocycles. The van der Waals surface area contributed by atoms with Crippen molar-refractivity contribution in [3.05, 3.63) is 12.2 Å². The van der Waals surface area contributed by atoms with E-state index in [2.05, 4.69) is 42.1 Å². The third kappa shape index (κ3) is 5.32. The molecule has 0 bridgehead atoms. The molecule has 0 aliphatic carbocycles. The number of rotatable bonds is 10. The van der Waals surface area contributed by atoms with E-state index in [4.69, 9.17) is 0 Å². The van der Waals surface area contributed by atoms with E-state index in [1.54, 1.807) is 0 Å². The number of unbranched alkanes of at least 4 members (excludes halogenated alkanes) is 1. The Morgan fingerprint density at radius 1 is 1.18 bits per heavy atom. The van der Waals surface area contributed by atoms with Crippen molar-refractivity contribution in [1.82, 2.24) is 0 Å². The lowest BCUT2D eigenvalue weighted by molar-refractivity contribution is 0.186. The van der Waals surface area contributed by atoms with Gasteiger partial charge in [-0.15, -0.1) is 0 Å². The SMILES string of the molecule is [BH]CCCCC(C)(C(=C)C)C(CCC)CCC. The second-order valence-electron chi connectivity index (χ2n) is 5.78. The van der Waals surface area contributed by atoms with Crippen molar-refractivity contribution < 1.29 is 0 Å². The van der Waals surface area contributed by atoms with Gasteiger partial charge in [-0.2, -0.15) is 0 Å². The molecule has 0 N–H and O–H groups in total. The molecule has 1 radical (unpaired) electrons. The Balaban J connectivity index is 4.67. The van der Waals surface area contributed by atoms with E-state index in [0.717, 1.165) is 12.2 Å². The average Bonchev–Trinajstić information content (AvgIpc) is 2.28. The van der Waals surface area contributed by atoms with Gasteiger partial charge < -0.3 is 0 Å². The number of allylic oxidation sites excluding steroid dienone is 1. The largest absolute Gasteiger partial charge is 0.0996 e. The summed E-state index contributed by atoms with van der Waals surface area (Å²) in [4.78, 5) is 0. The lowest BCUT2D eigenvalue weighted by Gasteiger charge is -2.39. The molecular formula is C16H32B. The first-order valence-corrected chi connectivity index (χ1v) is 7.48. The summed E-state index contributed by atoms with van der Waals surface area (Å²) in [5.74, 6) is 0.819. The van der Waals surface area contributed by atoms with Crippen LogP contribution < -0.4 is 0 Å². The zero-order valence-electron chi connectivity index (χ0n) is 12.6. The van der Waals surface area contributed by atoms with Gasteiger partial charge in [0.25, 0.3) is 0 Å². The van der Waals surface area contributed by atoms with Gasteiger partial charge in [-0.3, -0.25) is 0 Å².